The average molecular weight is 274 g/mol. The molecule has 0 saturated heterocycles. The smallest absolute Gasteiger partial charge is 0.232 e. The van der Waals surface area contributed by atoms with Gasteiger partial charge in [0.25, 0.3) is 0 Å². The zero-order valence-electron chi connectivity index (χ0n) is 10.8. The summed E-state index contributed by atoms with van der Waals surface area (Å²) in [6.45, 7) is 5.71. The van der Waals surface area contributed by atoms with Gasteiger partial charge in [-0.15, -0.1) is 0 Å². The first-order chi connectivity index (χ1) is 7.89. The quantitative estimate of drug-likeness (QED) is 0.754. The molecule has 3 nitrogen and oxygen atoms in total. The van der Waals surface area contributed by atoms with Crippen molar-refractivity contribution >= 4 is 34.9 Å². The van der Waals surface area contributed by atoms with E-state index in [1.54, 1.807) is 13.8 Å². The highest BCUT2D eigenvalue weighted by molar-refractivity contribution is 7.99. The van der Waals surface area contributed by atoms with Crippen molar-refractivity contribution in [2.75, 3.05) is 5.75 Å². The van der Waals surface area contributed by atoms with Crippen molar-refractivity contribution in [3.8, 4) is 0 Å². The molecule has 0 aliphatic heterocycles. The summed E-state index contributed by atoms with van der Waals surface area (Å²) in [5.41, 5.74) is 4.85. The molecule has 1 aliphatic carbocycles. The van der Waals surface area contributed by atoms with Crippen molar-refractivity contribution in [2.45, 2.75) is 51.3 Å². The summed E-state index contributed by atoms with van der Waals surface area (Å²) in [4.78, 5) is 12.4. The number of hydrogen-bond acceptors (Lipinski definition) is 3. The number of thiocarbonyl (C=S) groups is 1. The second kappa shape index (κ2) is 6.05. The number of rotatable bonds is 5. The number of nitrogens with two attached hydrogens (primary N) is 1. The molecule has 1 fully saturated rings. The van der Waals surface area contributed by atoms with Crippen LogP contribution in [0.2, 0.25) is 0 Å². The Morgan fingerprint density at radius 3 is 2.71 bits per heavy atom. The van der Waals surface area contributed by atoms with Gasteiger partial charge in [-0.1, -0.05) is 25.6 Å². The third-order valence-electron chi connectivity index (χ3n) is 3.33. The maximum Gasteiger partial charge on any atom is 0.232 e. The molecule has 3 N–H and O–H groups in total. The van der Waals surface area contributed by atoms with E-state index in [9.17, 15) is 4.79 Å². The maximum atomic E-state index is 12.1. The molecule has 2 unspecified atom stereocenters. The number of thioether (sulfide) groups is 1. The molecule has 5 heteroatoms. The highest BCUT2D eigenvalue weighted by Crippen LogP contribution is 2.30. The molecule has 1 saturated carbocycles. The third-order valence-corrected chi connectivity index (χ3v) is 5.17. The van der Waals surface area contributed by atoms with E-state index in [0.717, 1.165) is 12.2 Å². The predicted molar refractivity (Wildman–Crippen MR) is 78.3 cm³/mol. The van der Waals surface area contributed by atoms with Gasteiger partial charge in [0.15, 0.2) is 0 Å². The number of carbonyl (C=O) groups excluding carboxylic acids is 1. The molecule has 0 radical (unpaired) electrons. The van der Waals surface area contributed by atoms with Crippen molar-refractivity contribution in [1.82, 2.24) is 5.32 Å². The van der Waals surface area contributed by atoms with Crippen LogP contribution in [0.15, 0.2) is 0 Å². The lowest BCUT2D eigenvalue weighted by Gasteiger charge is -2.27. The van der Waals surface area contributed by atoms with Gasteiger partial charge >= 0.3 is 0 Å². The van der Waals surface area contributed by atoms with Crippen molar-refractivity contribution in [2.24, 2.45) is 11.1 Å². The number of amides is 1. The number of hydrogen-bond donors (Lipinski definition) is 2. The number of carbonyl (C=O) groups is 1. The van der Waals surface area contributed by atoms with E-state index in [-0.39, 0.29) is 16.9 Å². The van der Waals surface area contributed by atoms with Crippen LogP contribution in [0.25, 0.3) is 0 Å². The van der Waals surface area contributed by atoms with E-state index in [1.165, 1.54) is 12.8 Å². The second-order valence-electron chi connectivity index (χ2n) is 4.99. The zero-order valence-corrected chi connectivity index (χ0v) is 12.4. The van der Waals surface area contributed by atoms with E-state index >= 15 is 0 Å². The van der Waals surface area contributed by atoms with E-state index in [4.69, 9.17) is 18.0 Å². The van der Waals surface area contributed by atoms with Crippen LogP contribution < -0.4 is 11.1 Å². The SMILES string of the molecule is CCSC1CCCC1NC(=O)C(C)(C)C(N)=S. The van der Waals surface area contributed by atoms with Gasteiger partial charge in [-0.3, -0.25) is 4.79 Å². The Morgan fingerprint density at radius 1 is 1.53 bits per heavy atom. The summed E-state index contributed by atoms with van der Waals surface area (Å²) in [5, 5.41) is 3.66. The van der Waals surface area contributed by atoms with Crippen molar-refractivity contribution in [1.29, 1.82) is 0 Å². The lowest BCUT2D eigenvalue weighted by atomic mass is 9.92. The molecular formula is C12H22N2OS2. The van der Waals surface area contributed by atoms with Crippen LogP contribution in [-0.4, -0.2) is 27.9 Å². The van der Waals surface area contributed by atoms with Crippen molar-refractivity contribution in [3.05, 3.63) is 0 Å². The van der Waals surface area contributed by atoms with Gasteiger partial charge in [-0.2, -0.15) is 11.8 Å². The van der Waals surface area contributed by atoms with E-state index in [2.05, 4.69) is 12.2 Å². The van der Waals surface area contributed by atoms with Gasteiger partial charge in [0, 0.05) is 11.3 Å². The van der Waals surface area contributed by atoms with Gasteiger partial charge in [0.1, 0.15) is 0 Å². The molecule has 0 aromatic rings. The van der Waals surface area contributed by atoms with E-state index in [1.807, 2.05) is 11.8 Å². The lowest BCUT2D eigenvalue weighted by molar-refractivity contribution is -0.126. The predicted octanol–water partition coefficient (Wildman–Crippen LogP) is 2.09. The minimum absolute atomic E-state index is 0.0430. The Labute approximate surface area is 113 Å². The highest BCUT2D eigenvalue weighted by atomic mass is 32.2. The minimum atomic E-state index is -0.751. The molecule has 1 aliphatic rings. The normalized spacial score (nSPS) is 24.6. The van der Waals surface area contributed by atoms with Crippen molar-refractivity contribution < 1.29 is 4.79 Å². The minimum Gasteiger partial charge on any atom is -0.392 e. The second-order valence-corrected chi connectivity index (χ2v) is 6.95. The first-order valence-corrected chi connectivity index (χ1v) is 7.57. The summed E-state index contributed by atoms with van der Waals surface area (Å²) in [6.07, 6.45) is 3.45. The molecule has 0 heterocycles. The van der Waals surface area contributed by atoms with Gasteiger partial charge in [0.2, 0.25) is 5.91 Å². The van der Waals surface area contributed by atoms with Gasteiger partial charge in [-0.05, 0) is 32.4 Å². The largest absolute Gasteiger partial charge is 0.392 e. The third kappa shape index (κ3) is 3.58. The summed E-state index contributed by atoms with van der Waals surface area (Å²) in [7, 11) is 0. The zero-order chi connectivity index (χ0) is 13.1. The van der Waals surface area contributed by atoms with Crippen LogP contribution >= 0.6 is 24.0 Å². The van der Waals surface area contributed by atoms with Gasteiger partial charge in [0.05, 0.1) is 10.4 Å². The Bertz CT molecular complexity index is 305. The summed E-state index contributed by atoms with van der Waals surface area (Å²) < 4.78 is 0. The molecule has 0 aromatic carbocycles. The molecule has 1 rings (SSSR count). The highest BCUT2D eigenvalue weighted by Gasteiger charge is 2.35. The first kappa shape index (κ1) is 14.8. The molecule has 0 spiro atoms. The number of nitrogens with one attached hydrogen (secondary N) is 1. The Kier molecular flexibility index (Phi) is 5.25. The molecule has 0 bridgehead atoms. The average Bonchev–Trinajstić information content (AvgIpc) is 2.66. The molecule has 2 atom stereocenters. The van der Waals surface area contributed by atoms with Crippen LogP contribution in [0, 0.1) is 5.41 Å². The Morgan fingerprint density at radius 2 is 2.18 bits per heavy atom. The van der Waals surface area contributed by atoms with Crippen LogP contribution in [0.4, 0.5) is 0 Å². The summed E-state index contributed by atoms with van der Waals surface area (Å²) in [6, 6.07) is 0.279. The first-order valence-electron chi connectivity index (χ1n) is 6.12. The summed E-state index contributed by atoms with van der Waals surface area (Å²) in [5.74, 6) is 1.05. The van der Waals surface area contributed by atoms with Crippen molar-refractivity contribution in [3.63, 3.8) is 0 Å². The fourth-order valence-corrected chi connectivity index (χ4v) is 3.26. The van der Waals surface area contributed by atoms with Crippen LogP contribution in [0.1, 0.15) is 40.0 Å². The molecule has 1 amide bonds. The monoisotopic (exact) mass is 274 g/mol. The topological polar surface area (TPSA) is 55.1 Å². The Balaban J connectivity index is 2.59. The summed E-state index contributed by atoms with van der Waals surface area (Å²) >= 11 is 6.87. The maximum absolute atomic E-state index is 12.1. The Hall–Kier alpha value is -0.290. The van der Waals surface area contributed by atoms with Crippen LogP contribution in [0.5, 0.6) is 0 Å². The fourth-order valence-electron chi connectivity index (χ4n) is 1.97. The lowest BCUT2D eigenvalue weighted by Crippen LogP contribution is -2.49. The van der Waals surface area contributed by atoms with E-state index < -0.39 is 5.41 Å². The standard InChI is InChI=1S/C12H22N2OS2/c1-4-17-9-7-5-6-8(9)14-11(15)12(2,3)10(13)16/h8-9H,4-7H2,1-3H3,(H2,13,16)(H,14,15). The molecule has 0 aromatic heterocycles. The molecule has 17 heavy (non-hydrogen) atoms. The van der Waals surface area contributed by atoms with E-state index in [0.29, 0.717) is 5.25 Å². The molecular weight excluding hydrogens is 252 g/mol. The van der Waals surface area contributed by atoms with Crippen LogP contribution in [-0.2, 0) is 4.79 Å². The molecule has 98 valence electrons. The van der Waals surface area contributed by atoms with Gasteiger partial charge in [-0.25, -0.2) is 0 Å². The van der Waals surface area contributed by atoms with Gasteiger partial charge < -0.3 is 11.1 Å². The fraction of sp³-hybridized carbons (Fsp3) is 0.833. The van der Waals surface area contributed by atoms with Crippen LogP contribution in [0.3, 0.4) is 0 Å².